The average Bonchev–Trinajstić information content (AvgIpc) is 3.52. The minimum Gasteiger partial charge on any atom is -0.411 e. The number of hydrazone groups is 1. The number of thioether (sulfide) groups is 1. The average molecular weight is 534 g/mol. The van der Waals surface area contributed by atoms with Crippen LogP contribution in [0.2, 0.25) is 0 Å². The van der Waals surface area contributed by atoms with E-state index in [-0.39, 0.29) is 17.7 Å². The van der Waals surface area contributed by atoms with Gasteiger partial charge in [-0.05, 0) is 42.3 Å². The Hall–Kier alpha value is -3.30. The molecule has 9 heteroatoms. The van der Waals surface area contributed by atoms with Gasteiger partial charge in [0.25, 0.3) is 11.1 Å². The van der Waals surface area contributed by atoms with E-state index in [0.29, 0.717) is 17.5 Å². The van der Waals surface area contributed by atoms with E-state index >= 15 is 0 Å². The lowest BCUT2D eigenvalue weighted by atomic mass is 9.98. The first kappa shape index (κ1) is 22.5. The third kappa shape index (κ3) is 4.95. The molecule has 2 aromatic heterocycles. The van der Waals surface area contributed by atoms with Crippen LogP contribution in [0, 0.1) is 6.92 Å². The molecular weight excluding hydrogens is 514 g/mol. The minimum absolute atomic E-state index is 0.121. The number of rotatable bonds is 6. The van der Waals surface area contributed by atoms with E-state index in [1.165, 1.54) is 17.3 Å². The van der Waals surface area contributed by atoms with Gasteiger partial charge in [0.05, 0.1) is 23.1 Å². The van der Waals surface area contributed by atoms with Crippen molar-refractivity contribution in [2.24, 2.45) is 5.10 Å². The first-order valence-electron chi connectivity index (χ1n) is 10.7. The van der Waals surface area contributed by atoms with Crippen molar-refractivity contribution in [2.45, 2.75) is 24.6 Å². The van der Waals surface area contributed by atoms with Crippen LogP contribution in [0.4, 0.5) is 0 Å². The predicted molar refractivity (Wildman–Crippen MR) is 134 cm³/mol. The third-order valence-corrected chi connectivity index (χ3v) is 6.77. The van der Waals surface area contributed by atoms with Crippen molar-refractivity contribution < 1.29 is 9.21 Å². The largest absolute Gasteiger partial charge is 0.411 e. The third-order valence-electron chi connectivity index (χ3n) is 5.44. The van der Waals surface area contributed by atoms with Crippen molar-refractivity contribution in [3.63, 3.8) is 0 Å². The summed E-state index contributed by atoms with van der Waals surface area (Å²) >= 11 is 4.68. The summed E-state index contributed by atoms with van der Waals surface area (Å²) in [5, 5.41) is 14.8. The zero-order chi connectivity index (χ0) is 23.5. The molecule has 1 aliphatic heterocycles. The summed E-state index contributed by atoms with van der Waals surface area (Å²) in [7, 11) is 0. The predicted octanol–water partition coefficient (Wildman–Crippen LogP) is 5.67. The highest BCUT2D eigenvalue weighted by atomic mass is 79.9. The van der Waals surface area contributed by atoms with E-state index in [1.807, 2.05) is 37.3 Å². The zero-order valence-corrected chi connectivity index (χ0v) is 20.7. The normalized spacial score (nSPS) is 15.4. The highest BCUT2D eigenvalue weighted by molar-refractivity contribution is 9.10. The Kier molecular flexibility index (Phi) is 6.55. The Morgan fingerprint density at radius 1 is 1.09 bits per heavy atom. The first-order chi connectivity index (χ1) is 16.6. The molecule has 0 radical (unpaired) electrons. The van der Waals surface area contributed by atoms with Crippen LogP contribution in [0.3, 0.4) is 0 Å². The van der Waals surface area contributed by atoms with Crippen molar-refractivity contribution in [3.05, 3.63) is 94.2 Å². The number of nitrogens with zero attached hydrogens (tertiary/aromatic N) is 5. The van der Waals surface area contributed by atoms with E-state index in [2.05, 4.69) is 55.4 Å². The fraction of sp³-hybridized carbons (Fsp3) is 0.160. The molecule has 0 aliphatic carbocycles. The molecule has 1 aliphatic rings. The first-order valence-corrected chi connectivity index (χ1v) is 12.4. The van der Waals surface area contributed by atoms with Crippen molar-refractivity contribution in [1.82, 2.24) is 20.2 Å². The number of aromatic nitrogens is 3. The Labute approximate surface area is 209 Å². The quantitative estimate of drug-likeness (QED) is 0.297. The highest BCUT2D eigenvalue weighted by Crippen LogP contribution is 2.34. The number of hydrogen-bond acceptors (Lipinski definition) is 7. The Balaban J connectivity index is 1.34. The summed E-state index contributed by atoms with van der Waals surface area (Å²) in [6.07, 6.45) is 3.98. The van der Waals surface area contributed by atoms with Crippen LogP contribution in [0.25, 0.3) is 11.5 Å². The number of carbonyl (C=O) groups is 1. The van der Waals surface area contributed by atoms with Crippen molar-refractivity contribution in [2.75, 3.05) is 5.75 Å². The van der Waals surface area contributed by atoms with E-state index in [4.69, 9.17) is 9.52 Å². The van der Waals surface area contributed by atoms with Crippen LogP contribution in [0.5, 0.6) is 0 Å². The number of pyridine rings is 1. The monoisotopic (exact) mass is 533 g/mol. The Bertz CT molecular complexity index is 1320. The second-order valence-electron chi connectivity index (χ2n) is 7.83. The Morgan fingerprint density at radius 2 is 1.88 bits per heavy atom. The summed E-state index contributed by atoms with van der Waals surface area (Å²) in [4.78, 5) is 17.3. The van der Waals surface area contributed by atoms with Gasteiger partial charge >= 0.3 is 0 Å². The molecule has 34 heavy (non-hydrogen) atoms. The van der Waals surface area contributed by atoms with Gasteiger partial charge in [-0.15, -0.1) is 10.2 Å². The molecule has 5 rings (SSSR count). The fourth-order valence-corrected chi connectivity index (χ4v) is 4.55. The van der Waals surface area contributed by atoms with Crippen LogP contribution in [-0.4, -0.2) is 37.6 Å². The maximum atomic E-state index is 13.3. The second kappa shape index (κ2) is 9.90. The lowest BCUT2D eigenvalue weighted by Crippen LogP contribution is -2.28. The second-order valence-corrected chi connectivity index (χ2v) is 9.67. The number of hydrogen-bond donors (Lipinski definition) is 0. The number of aryl methyl sites for hydroxylation is 1. The molecule has 0 saturated heterocycles. The zero-order valence-electron chi connectivity index (χ0n) is 18.3. The number of carbonyl (C=O) groups excluding carboxylic acids is 1. The highest BCUT2D eigenvalue weighted by Gasteiger charge is 2.33. The van der Waals surface area contributed by atoms with Crippen molar-refractivity contribution in [1.29, 1.82) is 0 Å². The molecule has 1 unspecified atom stereocenters. The fourth-order valence-electron chi connectivity index (χ4n) is 3.67. The summed E-state index contributed by atoms with van der Waals surface area (Å²) in [5.74, 6) is 0.384. The van der Waals surface area contributed by atoms with Gasteiger partial charge in [-0.3, -0.25) is 9.78 Å². The van der Waals surface area contributed by atoms with Crippen molar-refractivity contribution in [3.8, 4) is 11.5 Å². The summed E-state index contributed by atoms with van der Waals surface area (Å²) < 4.78 is 6.70. The number of halogens is 1. The molecule has 0 N–H and O–H groups in total. The molecule has 7 nitrogen and oxygen atoms in total. The van der Waals surface area contributed by atoms with Crippen LogP contribution in [0.15, 0.2) is 92.3 Å². The molecule has 2 aromatic carbocycles. The van der Waals surface area contributed by atoms with Crippen LogP contribution < -0.4 is 0 Å². The maximum absolute atomic E-state index is 13.3. The molecule has 0 spiro atoms. The molecule has 4 aromatic rings. The van der Waals surface area contributed by atoms with Crippen LogP contribution in [-0.2, 0) is 4.79 Å². The molecule has 0 saturated carbocycles. The Morgan fingerprint density at radius 3 is 2.62 bits per heavy atom. The number of amides is 1. The van der Waals surface area contributed by atoms with Gasteiger partial charge in [-0.2, -0.15) is 5.10 Å². The molecule has 1 amide bonds. The van der Waals surface area contributed by atoms with Gasteiger partial charge in [0.2, 0.25) is 5.89 Å². The number of benzene rings is 2. The lowest BCUT2D eigenvalue weighted by Gasteiger charge is -2.21. The summed E-state index contributed by atoms with van der Waals surface area (Å²) in [6, 6.07) is 19.7. The molecule has 3 heterocycles. The van der Waals surface area contributed by atoms with E-state index in [0.717, 1.165) is 26.9 Å². The molecular formula is C25H20BrN5O2S. The SMILES string of the molecule is Cc1ccc(C2CC(c3ccc(Br)cc3)=NN2C(=O)CSc2nnc(-c3cccnc3)o2)cc1. The minimum atomic E-state index is -0.166. The molecule has 0 fully saturated rings. The summed E-state index contributed by atoms with van der Waals surface area (Å²) in [5.41, 5.74) is 4.84. The van der Waals surface area contributed by atoms with Crippen LogP contribution in [0.1, 0.15) is 29.2 Å². The standard InChI is InChI=1S/C25H20BrN5O2S/c1-16-4-6-18(7-5-16)22-13-21(17-8-10-20(26)11-9-17)30-31(22)23(32)15-34-25-29-28-24(33-25)19-3-2-12-27-14-19/h2-12,14,22H,13,15H2,1H3. The van der Waals surface area contributed by atoms with Crippen molar-refractivity contribution >= 4 is 39.3 Å². The van der Waals surface area contributed by atoms with E-state index < -0.39 is 0 Å². The van der Waals surface area contributed by atoms with E-state index in [9.17, 15) is 4.79 Å². The molecule has 170 valence electrons. The van der Waals surface area contributed by atoms with Gasteiger partial charge in [-0.25, -0.2) is 5.01 Å². The van der Waals surface area contributed by atoms with Gasteiger partial charge in [-0.1, -0.05) is 69.7 Å². The van der Waals surface area contributed by atoms with Crippen LogP contribution >= 0.6 is 27.7 Å². The van der Waals surface area contributed by atoms with Gasteiger partial charge in [0, 0.05) is 23.3 Å². The van der Waals surface area contributed by atoms with Gasteiger partial charge in [0.1, 0.15) is 0 Å². The topological polar surface area (TPSA) is 84.5 Å². The maximum Gasteiger partial charge on any atom is 0.277 e. The van der Waals surface area contributed by atoms with E-state index in [1.54, 1.807) is 23.5 Å². The van der Waals surface area contributed by atoms with Gasteiger partial charge in [0.15, 0.2) is 0 Å². The lowest BCUT2D eigenvalue weighted by molar-refractivity contribution is -0.130. The van der Waals surface area contributed by atoms with Gasteiger partial charge < -0.3 is 4.42 Å². The molecule has 1 atom stereocenters. The smallest absolute Gasteiger partial charge is 0.277 e. The summed E-state index contributed by atoms with van der Waals surface area (Å²) in [6.45, 7) is 2.05. The molecule has 0 bridgehead atoms.